The summed E-state index contributed by atoms with van der Waals surface area (Å²) in [5.74, 6) is 0.0365. The molecule has 1 unspecified atom stereocenters. The quantitative estimate of drug-likeness (QED) is 0.744. The highest BCUT2D eigenvalue weighted by atomic mass is 16.5. The molecule has 2 N–H and O–H groups in total. The van der Waals surface area contributed by atoms with Gasteiger partial charge in [-0.1, -0.05) is 0 Å². The van der Waals surface area contributed by atoms with Crippen LogP contribution in [-0.4, -0.2) is 67.2 Å². The molecule has 0 amide bonds. The number of methoxy groups -OCH3 is 1. The van der Waals surface area contributed by atoms with E-state index in [0.717, 1.165) is 32.5 Å². The molecule has 5 heteroatoms. The Kier molecular flexibility index (Phi) is 3.91. The van der Waals surface area contributed by atoms with Crippen molar-refractivity contribution in [3.05, 3.63) is 0 Å². The van der Waals surface area contributed by atoms with Crippen molar-refractivity contribution in [3.63, 3.8) is 0 Å². The second-order valence-electron chi connectivity index (χ2n) is 6.75. The first kappa shape index (κ1) is 14.8. The van der Waals surface area contributed by atoms with Gasteiger partial charge in [0.05, 0.1) is 7.11 Å². The molecule has 0 aromatic heterocycles. The maximum absolute atomic E-state index is 12.0. The van der Waals surface area contributed by atoms with E-state index in [1.807, 2.05) is 0 Å². The number of ether oxygens (including phenoxy) is 1. The van der Waals surface area contributed by atoms with Gasteiger partial charge in [0.2, 0.25) is 0 Å². The van der Waals surface area contributed by atoms with Crippen molar-refractivity contribution in [2.45, 2.75) is 37.8 Å². The number of hydrogen-bond acceptors (Lipinski definition) is 5. The zero-order valence-corrected chi connectivity index (χ0v) is 12.6. The van der Waals surface area contributed by atoms with Gasteiger partial charge < -0.3 is 10.5 Å². The number of carbonyl (C=O) groups is 1. The summed E-state index contributed by atoms with van der Waals surface area (Å²) in [7, 11) is 3.58. The van der Waals surface area contributed by atoms with Crippen LogP contribution in [0.25, 0.3) is 0 Å². The molecule has 1 aliphatic heterocycles. The fourth-order valence-electron chi connectivity index (χ4n) is 2.99. The predicted octanol–water partition coefficient (Wildman–Crippen LogP) is 0.293. The third kappa shape index (κ3) is 2.93. The molecule has 0 radical (unpaired) electrons. The molecule has 1 aliphatic carbocycles. The van der Waals surface area contributed by atoms with Crippen molar-refractivity contribution in [2.24, 2.45) is 11.7 Å². The van der Waals surface area contributed by atoms with Gasteiger partial charge in [0.15, 0.2) is 0 Å². The molecule has 1 atom stereocenters. The summed E-state index contributed by atoms with van der Waals surface area (Å²) in [6.07, 6.45) is 2.09. The summed E-state index contributed by atoms with van der Waals surface area (Å²) in [6, 6.07) is 0. The lowest BCUT2D eigenvalue weighted by Crippen LogP contribution is -2.64. The van der Waals surface area contributed by atoms with E-state index in [4.69, 9.17) is 10.5 Å². The molecule has 0 aromatic rings. The van der Waals surface area contributed by atoms with Crippen LogP contribution in [0.15, 0.2) is 0 Å². The van der Waals surface area contributed by atoms with Crippen molar-refractivity contribution in [1.29, 1.82) is 0 Å². The fourth-order valence-corrected chi connectivity index (χ4v) is 2.99. The van der Waals surface area contributed by atoms with Crippen LogP contribution in [0.2, 0.25) is 0 Å². The predicted molar refractivity (Wildman–Crippen MR) is 74.8 cm³/mol. The monoisotopic (exact) mass is 269 g/mol. The van der Waals surface area contributed by atoms with Gasteiger partial charge in [-0.25, -0.2) is 0 Å². The molecular weight excluding hydrogens is 242 g/mol. The number of carbonyl (C=O) groups excluding carboxylic acids is 1. The highest BCUT2D eigenvalue weighted by molar-refractivity contribution is 5.81. The molecule has 0 spiro atoms. The van der Waals surface area contributed by atoms with Gasteiger partial charge in [0.25, 0.3) is 0 Å². The average molecular weight is 269 g/mol. The van der Waals surface area contributed by atoms with Crippen LogP contribution >= 0.6 is 0 Å². The first-order chi connectivity index (χ1) is 8.79. The molecular formula is C14H27N3O2. The largest absolute Gasteiger partial charge is 0.468 e. The Balaban J connectivity index is 2.04. The van der Waals surface area contributed by atoms with Crippen molar-refractivity contribution >= 4 is 5.97 Å². The first-order valence-corrected chi connectivity index (χ1v) is 7.10. The van der Waals surface area contributed by atoms with Crippen LogP contribution in [0.5, 0.6) is 0 Å². The molecule has 2 aliphatic rings. The van der Waals surface area contributed by atoms with E-state index < -0.39 is 5.54 Å². The number of rotatable bonds is 4. The highest BCUT2D eigenvalue weighted by Crippen LogP contribution is 2.39. The van der Waals surface area contributed by atoms with Gasteiger partial charge in [0, 0.05) is 31.7 Å². The molecule has 2 rings (SSSR count). The Morgan fingerprint density at radius 1 is 1.42 bits per heavy atom. The van der Waals surface area contributed by atoms with E-state index in [-0.39, 0.29) is 11.5 Å². The van der Waals surface area contributed by atoms with E-state index in [1.54, 1.807) is 0 Å². The van der Waals surface area contributed by atoms with Crippen molar-refractivity contribution in [2.75, 3.05) is 40.3 Å². The Hall–Kier alpha value is -0.650. The average Bonchev–Trinajstić information content (AvgIpc) is 3.16. The molecule has 1 saturated heterocycles. The van der Waals surface area contributed by atoms with Crippen LogP contribution < -0.4 is 5.73 Å². The van der Waals surface area contributed by atoms with E-state index in [9.17, 15) is 4.79 Å². The molecule has 0 aromatic carbocycles. The van der Waals surface area contributed by atoms with Gasteiger partial charge in [-0.2, -0.15) is 0 Å². The van der Waals surface area contributed by atoms with Gasteiger partial charge >= 0.3 is 5.97 Å². The number of esters is 1. The second-order valence-corrected chi connectivity index (χ2v) is 6.75. The van der Waals surface area contributed by atoms with Crippen molar-refractivity contribution in [3.8, 4) is 0 Å². The van der Waals surface area contributed by atoms with E-state index in [0.29, 0.717) is 12.5 Å². The Morgan fingerprint density at radius 3 is 2.53 bits per heavy atom. The van der Waals surface area contributed by atoms with E-state index in [2.05, 4.69) is 30.7 Å². The minimum Gasteiger partial charge on any atom is -0.468 e. The Morgan fingerprint density at radius 2 is 2.05 bits per heavy atom. The molecule has 5 nitrogen and oxygen atoms in total. The molecule has 110 valence electrons. The molecule has 2 fully saturated rings. The Bertz CT molecular complexity index is 355. The van der Waals surface area contributed by atoms with Crippen molar-refractivity contribution in [1.82, 2.24) is 9.80 Å². The molecule has 1 saturated carbocycles. The normalized spacial score (nSPS) is 27.8. The van der Waals surface area contributed by atoms with Crippen LogP contribution in [0.1, 0.15) is 26.7 Å². The summed E-state index contributed by atoms with van der Waals surface area (Å²) in [6.45, 7) is 7.98. The van der Waals surface area contributed by atoms with Crippen LogP contribution in [0, 0.1) is 5.92 Å². The topological polar surface area (TPSA) is 58.8 Å². The SMILES string of the molecule is COC(=O)C(N)(CN1CCN(C)C(C)(C)C1)C1CC1. The minimum atomic E-state index is -0.819. The number of hydrogen-bond donors (Lipinski definition) is 1. The lowest BCUT2D eigenvalue weighted by atomic mass is 9.91. The van der Waals surface area contributed by atoms with Crippen LogP contribution in [0.3, 0.4) is 0 Å². The zero-order valence-electron chi connectivity index (χ0n) is 12.6. The number of piperazine rings is 1. The van der Waals surface area contributed by atoms with Gasteiger partial charge in [-0.05, 0) is 39.7 Å². The van der Waals surface area contributed by atoms with Gasteiger partial charge in [-0.15, -0.1) is 0 Å². The summed E-state index contributed by atoms with van der Waals surface area (Å²) in [5, 5.41) is 0. The van der Waals surface area contributed by atoms with E-state index >= 15 is 0 Å². The number of nitrogens with zero attached hydrogens (tertiary/aromatic N) is 2. The maximum Gasteiger partial charge on any atom is 0.327 e. The lowest BCUT2D eigenvalue weighted by molar-refractivity contribution is -0.149. The smallest absolute Gasteiger partial charge is 0.327 e. The minimum absolute atomic E-state index is 0.124. The maximum atomic E-state index is 12.0. The first-order valence-electron chi connectivity index (χ1n) is 7.10. The van der Waals surface area contributed by atoms with Crippen LogP contribution in [0.4, 0.5) is 0 Å². The summed E-state index contributed by atoms with van der Waals surface area (Å²) in [4.78, 5) is 16.7. The molecule has 1 heterocycles. The number of nitrogens with two attached hydrogens (primary N) is 1. The summed E-state index contributed by atoms with van der Waals surface area (Å²) in [5.41, 5.74) is 5.69. The summed E-state index contributed by atoms with van der Waals surface area (Å²) >= 11 is 0. The third-order valence-electron chi connectivity index (χ3n) is 4.75. The van der Waals surface area contributed by atoms with Crippen LogP contribution in [-0.2, 0) is 9.53 Å². The van der Waals surface area contributed by atoms with E-state index in [1.165, 1.54) is 7.11 Å². The molecule has 0 bridgehead atoms. The fraction of sp³-hybridized carbons (Fsp3) is 0.929. The highest BCUT2D eigenvalue weighted by Gasteiger charge is 2.50. The van der Waals surface area contributed by atoms with Gasteiger partial charge in [-0.3, -0.25) is 14.6 Å². The second kappa shape index (κ2) is 5.04. The lowest BCUT2D eigenvalue weighted by Gasteiger charge is -2.47. The number of likely N-dealkylation sites (N-methyl/N-ethyl adjacent to an activating group) is 1. The Labute approximate surface area is 116 Å². The van der Waals surface area contributed by atoms with Crippen molar-refractivity contribution < 1.29 is 9.53 Å². The summed E-state index contributed by atoms with van der Waals surface area (Å²) < 4.78 is 4.93. The standard InChI is InChI=1S/C14H27N3O2/c1-13(2)9-17(8-7-16(13)3)10-14(15,11-5-6-11)12(18)19-4/h11H,5-10,15H2,1-4H3. The molecule has 19 heavy (non-hydrogen) atoms. The third-order valence-corrected chi connectivity index (χ3v) is 4.75. The van der Waals surface area contributed by atoms with Gasteiger partial charge in [0.1, 0.15) is 5.54 Å². The zero-order chi connectivity index (χ0) is 14.3.